The van der Waals surface area contributed by atoms with E-state index in [1.54, 1.807) is 6.07 Å². The lowest BCUT2D eigenvalue weighted by molar-refractivity contribution is -0.122. The molecule has 0 aromatic heterocycles. The van der Waals surface area contributed by atoms with Gasteiger partial charge in [-0.15, -0.1) is 0 Å². The van der Waals surface area contributed by atoms with Crippen molar-refractivity contribution in [2.75, 3.05) is 20.1 Å². The van der Waals surface area contributed by atoms with Crippen LogP contribution in [-0.4, -0.2) is 30.9 Å². The first kappa shape index (κ1) is 18.0. The number of likely N-dealkylation sites (N-methyl/N-ethyl adjacent to an activating group) is 1. The van der Waals surface area contributed by atoms with Crippen LogP contribution in [0.3, 0.4) is 0 Å². The molecule has 0 bridgehead atoms. The molecule has 0 atom stereocenters. The van der Waals surface area contributed by atoms with Crippen molar-refractivity contribution in [1.29, 1.82) is 5.26 Å². The van der Waals surface area contributed by atoms with Crippen LogP contribution in [0.4, 0.5) is 0 Å². The predicted octanol–water partition coefficient (Wildman–Crippen LogP) is 3.00. The molecular formula is C19H20ClN3O. The second-order valence-corrected chi connectivity index (χ2v) is 6.15. The van der Waals surface area contributed by atoms with Gasteiger partial charge >= 0.3 is 0 Å². The van der Waals surface area contributed by atoms with Gasteiger partial charge in [-0.2, -0.15) is 5.26 Å². The molecule has 0 fully saturated rings. The summed E-state index contributed by atoms with van der Waals surface area (Å²) in [5.74, 6) is -0.0112. The van der Waals surface area contributed by atoms with Crippen molar-refractivity contribution < 1.29 is 4.79 Å². The molecule has 2 aromatic rings. The van der Waals surface area contributed by atoms with Gasteiger partial charge in [0.1, 0.15) is 0 Å². The number of halogens is 1. The van der Waals surface area contributed by atoms with Gasteiger partial charge in [0, 0.05) is 18.1 Å². The first-order chi connectivity index (χ1) is 11.6. The summed E-state index contributed by atoms with van der Waals surface area (Å²) in [5, 5.41) is 12.5. The number of amides is 1. The van der Waals surface area contributed by atoms with Gasteiger partial charge in [0.05, 0.1) is 18.2 Å². The molecule has 0 aliphatic rings. The van der Waals surface area contributed by atoms with E-state index >= 15 is 0 Å². The van der Waals surface area contributed by atoms with Crippen molar-refractivity contribution in [3.63, 3.8) is 0 Å². The van der Waals surface area contributed by atoms with E-state index in [1.807, 2.05) is 54.4 Å². The summed E-state index contributed by atoms with van der Waals surface area (Å²) in [7, 11) is 1.89. The largest absolute Gasteiger partial charge is 0.355 e. The number of carbonyl (C=O) groups is 1. The fraction of sp³-hybridized carbons (Fsp3) is 0.263. The van der Waals surface area contributed by atoms with Crippen LogP contribution < -0.4 is 5.32 Å². The van der Waals surface area contributed by atoms with Crippen LogP contribution >= 0.6 is 11.6 Å². The van der Waals surface area contributed by atoms with Crippen molar-refractivity contribution in [3.05, 3.63) is 70.2 Å². The van der Waals surface area contributed by atoms with Crippen LogP contribution in [0.25, 0.3) is 0 Å². The number of hydrogen-bond acceptors (Lipinski definition) is 3. The standard InChI is InChI=1S/C19H20ClN3O/c1-23(13-17-4-2-3-16(11-17)12-21)14-19(24)22-10-9-15-5-7-18(20)8-6-15/h2-8,11H,9-10,13-14H2,1H3,(H,22,24). The Morgan fingerprint density at radius 2 is 1.96 bits per heavy atom. The van der Waals surface area contributed by atoms with E-state index in [4.69, 9.17) is 16.9 Å². The fourth-order valence-electron chi connectivity index (χ4n) is 2.41. The van der Waals surface area contributed by atoms with E-state index < -0.39 is 0 Å². The van der Waals surface area contributed by atoms with Gasteiger partial charge in [0.2, 0.25) is 5.91 Å². The van der Waals surface area contributed by atoms with Crippen molar-refractivity contribution in [1.82, 2.24) is 10.2 Å². The molecule has 0 aliphatic carbocycles. The highest BCUT2D eigenvalue weighted by Crippen LogP contribution is 2.09. The summed E-state index contributed by atoms with van der Waals surface area (Å²) in [6, 6.07) is 17.2. The minimum absolute atomic E-state index is 0.0112. The molecule has 0 aliphatic heterocycles. The molecule has 2 rings (SSSR count). The van der Waals surface area contributed by atoms with Gasteiger partial charge < -0.3 is 5.32 Å². The first-order valence-electron chi connectivity index (χ1n) is 7.75. The maximum atomic E-state index is 12.0. The molecular weight excluding hydrogens is 322 g/mol. The molecule has 124 valence electrons. The van der Waals surface area contributed by atoms with E-state index in [9.17, 15) is 4.79 Å². The van der Waals surface area contributed by atoms with Crippen LogP contribution in [0.2, 0.25) is 5.02 Å². The summed E-state index contributed by atoms with van der Waals surface area (Å²) in [6.45, 7) is 1.54. The highest BCUT2D eigenvalue weighted by Gasteiger charge is 2.07. The summed E-state index contributed by atoms with van der Waals surface area (Å²) >= 11 is 5.85. The summed E-state index contributed by atoms with van der Waals surface area (Å²) in [6.07, 6.45) is 0.775. The summed E-state index contributed by atoms with van der Waals surface area (Å²) in [4.78, 5) is 13.9. The second kappa shape index (κ2) is 9.07. The highest BCUT2D eigenvalue weighted by atomic mass is 35.5. The van der Waals surface area contributed by atoms with Gasteiger partial charge in [-0.3, -0.25) is 9.69 Å². The normalized spacial score (nSPS) is 10.4. The topological polar surface area (TPSA) is 56.1 Å². The minimum Gasteiger partial charge on any atom is -0.355 e. The van der Waals surface area contributed by atoms with Crippen molar-refractivity contribution >= 4 is 17.5 Å². The third-order valence-corrected chi connectivity index (χ3v) is 3.82. The minimum atomic E-state index is -0.0112. The van der Waals surface area contributed by atoms with Crippen LogP contribution in [0.5, 0.6) is 0 Å². The van der Waals surface area contributed by atoms with Crippen LogP contribution in [0.1, 0.15) is 16.7 Å². The number of nitrogens with one attached hydrogen (secondary N) is 1. The summed E-state index contributed by atoms with van der Waals surface area (Å²) < 4.78 is 0. The Kier molecular flexibility index (Phi) is 6.80. The molecule has 0 unspecified atom stereocenters. The van der Waals surface area contributed by atoms with Crippen molar-refractivity contribution in [2.45, 2.75) is 13.0 Å². The quantitative estimate of drug-likeness (QED) is 0.842. The molecule has 0 saturated heterocycles. The van der Waals surface area contributed by atoms with E-state index in [0.717, 1.165) is 17.5 Å². The van der Waals surface area contributed by atoms with Crippen molar-refractivity contribution in [2.24, 2.45) is 0 Å². The molecule has 1 amide bonds. The van der Waals surface area contributed by atoms with Crippen LogP contribution in [-0.2, 0) is 17.8 Å². The zero-order chi connectivity index (χ0) is 17.4. The Labute approximate surface area is 147 Å². The third-order valence-electron chi connectivity index (χ3n) is 3.57. The first-order valence-corrected chi connectivity index (χ1v) is 8.13. The zero-order valence-electron chi connectivity index (χ0n) is 13.6. The number of rotatable bonds is 7. The Bertz CT molecular complexity index is 722. The Morgan fingerprint density at radius 1 is 1.21 bits per heavy atom. The van der Waals surface area contributed by atoms with E-state index in [2.05, 4.69) is 11.4 Å². The van der Waals surface area contributed by atoms with Gasteiger partial charge in [-0.1, -0.05) is 35.9 Å². The van der Waals surface area contributed by atoms with Crippen molar-refractivity contribution in [3.8, 4) is 6.07 Å². The number of carbonyl (C=O) groups excluding carboxylic acids is 1. The number of hydrogen-bond donors (Lipinski definition) is 1. The number of nitrogens with zero attached hydrogens (tertiary/aromatic N) is 2. The molecule has 0 spiro atoms. The smallest absolute Gasteiger partial charge is 0.234 e. The summed E-state index contributed by atoms with van der Waals surface area (Å²) in [5.41, 5.74) is 2.79. The molecule has 0 heterocycles. The second-order valence-electron chi connectivity index (χ2n) is 5.71. The number of nitriles is 1. The van der Waals surface area contributed by atoms with Gasteiger partial charge in [0.25, 0.3) is 0 Å². The monoisotopic (exact) mass is 341 g/mol. The van der Waals surface area contributed by atoms with Gasteiger partial charge in [0.15, 0.2) is 0 Å². The van der Waals surface area contributed by atoms with E-state index in [-0.39, 0.29) is 5.91 Å². The number of benzene rings is 2. The maximum Gasteiger partial charge on any atom is 0.234 e. The van der Waals surface area contributed by atoms with Gasteiger partial charge in [-0.25, -0.2) is 0 Å². The lowest BCUT2D eigenvalue weighted by atomic mass is 10.1. The Balaban J connectivity index is 1.73. The Morgan fingerprint density at radius 3 is 2.67 bits per heavy atom. The average Bonchev–Trinajstić information content (AvgIpc) is 2.56. The predicted molar refractivity (Wildman–Crippen MR) is 95.7 cm³/mol. The van der Waals surface area contributed by atoms with E-state index in [1.165, 1.54) is 0 Å². The van der Waals surface area contributed by atoms with E-state index in [0.29, 0.717) is 30.2 Å². The van der Waals surface area contributed by atoms with Crippen LogP contribution in [0.15, 0.2) is 48.5 Å². The van der Waals surface area contributed by atoms with Gasteiger partial charge in [-0.05, 0) is 48.9 Å². The molecule has 0 saturated carbocycles. The SMILES string of the molecule is CN(CC(=O)NCCc1ccc(Cl)cc1)Cc1cccc(C#N)c1. The average molecular weight is 342 g/mol. The molecule has 4 nitrogen and oxygen atoms in total. The maximum absolute atomic E-state index is 12.0. The molecule has 0 radical (unpaired) electrons. The third kappa shape index (κ3) is 6.04. The lowest BCUT2D eigenvalue weighted by Crippen LogP contribution is -2.35. The fourth-order valence-corrected chi connectivity index (χ4v) is 2.53. The Hall–Kier alpha value is -2.35. The highest BCUT2D eigenvalue weighted by molar-refractivity contribution is 6.30. The molecule has 1 N–H and O–H groups in total. The molecule has 24 heavy (non-hydrogen) atoms. The lowest BCUT2D eigenvalue weighted by Gasteiger charge is -2.16. The molecule has 2 aromatic carbocycles. The molecule has 5 heteroatoms. The zero-order valence-corrected chi connectivity index (χ0v) is 14.4. The van der Waals surface area contributed by atoms with Crippen LogP contribution in [0, 0.1) is 11.3 Å².